The minimum atomic E-state index is -0.167. The van der Waals surface area contributed by atoms with Crippen LogP contribution in [-0.4, -0.2) is 26.8 Å². The van der Waals surface area contributed by atoms with E-state index in [0.717, 1.165) is 17.3 Å². The summed E-state index contributed by atoms with van der Waals surface area (Å²) in [7, 11) is 0. The Morgan fingerprint density at radius 2 is 2.16 bits per heavy atom. The van der Waals surface area contributed by atoms with Gasteiger partial charge in [-0.1, -0.05) is 43.7 Å². The summed E-state index contributed by atoms with van der Waals surface area (Å²) in [5.41, 5.74) is 2.28. The maximum Gasteiger partial charge on any atom is 0.233 e. The number of benzene rings is 1. The minimum absolute atomic E-state index is 0.113. The van der Waals surface area contributed by atoms with Gasteiger partial charge in [0.15, 0.2) is 5.16 Å². The molecule has 1 amide bonds. The molecule has 25 heavy (non-hydrogen) atoms. The van der Waals surface area contributed by atoms with Crippen LogP contribution in [-0.2, 0) is 4.79 Å². The first-order chi connectivity index (χ1) is 12.0. The van der Waals surface area contributed by atoms with Crippen molar-refractivity contribution in [3.05, 3.63) is 42.2 Å². The van der Waals surface area contributed by atoms with Crippen molar-refractivity contribution in [2.75, 3.05) is 0 Å². The Balaban J connectivity index is 1.66. The summed E-state index contributed by atoms with van der Waals surface area (Å²) in [5.74, 6) is 0.687. The average Bonchev–Trinajstić information content (AvgIpc) is 3.05. The van der Waals surface area contributed by atoms with Crippen LogP contribution in [0, 0.1) is 12.8 Å². The number of nitrogens with one attached hydrogen (secondary N) is 1. The van der Waals surface area contributed by atoms with Crippen LogP contribution in [0.15, 0.2) is 41.8 Å². The van der Waals surface area contributed by atoms with Gasteiger partial charge < -0.3 is 5.32 Å². The Morgan fingerprint density at radius 3 is 2.92 bits per heavy atom. The fourth-order valence-electron chi connectivity index (χ4n) is 3.39. The molecule has 0 aliphatic heterocycles. The minimum Gasteiger partial charge on any atom is -0.352 e. The zero-order chi connectivity index (χ0) is 17.8. The first-order valence-electron chi connectivity index (χ1n) is 9.12. The molecule has 1 fully saturated rings. The fraction of sp³-hybridized carbons (Fsp3) is 0.500. The average molecular weight is 358 g/mol. The molecule has 1 N–H and O–H groups in total. The summed E-state index contributed by atoms with van der Waals surface area (Å²) in [4.78, 5) is 17.1. The lowest BCUT2D eigenvalue weighted by molar-refractivity contribution is -0.121. The SMILES string of the molecule is Cc1cccc(-n2ccnc2S[C@H](C)C(=O)N[C@@H]2CCCC[C@H]2C)c1. The van der Waals surface area contributed by atoms with Crippen molar-refractivity contribution in [3.63, 3.8) is 0 Å². The summed E-state index contributed by atoms with van der Waals surface area (Å²) in [6.07, 6.45) is 8.55. The van der Waals surface area contributed by atoms with Crippen LogP contribution in [0.5, 0.6) is 0 Å². The van der Waals surface area contributed by atoms with Gasteiger partial charge in [0.1, 0.15) is 0 Å². The Bertz CT molecular complexity index is 727. The molecule has 0 radical (unpaired) electrons. The molecule has 1 aliphatic carbocycles. The quantitative estimate of drug-likeness (QED) is 0.809. The molecule has 0 saturated heterocycles. The molecule has 3 atom stereocenters. The number of amides is 1. The number of hydrogen-bond acceptors (Lipinski definition) is 3. The second-order valence-corrected chi connectivity index (χ2v) is 8.36. The van der Waals surface area contributed by atoms with Gasteiger partial charge in [0.05, 0.1) is 5.25 Å². The Labute approximate surface area is 154 Å². The largest absolute Gasteiger partial charge is 0.352 e. The van der Waals surface area contributed by atoms with Crippen molar-refractivity contribution in [1.29, 1.82) is 0 Å². The highest BCUT2D eigenvalue weighted by Gasteiger charge is 2.25. The molecule has 1 aromatic heterocycles. The number of aromatic nitrogens is 2. The van der Waals surface area contributed by atoms with E-state index in [9.17, 15) is 4.79 Å². The van der Waals surface area contributed by atoms with E-state index in [4.69, 9.17) is 0 Å². The molecule has 4 nitrogen and oxygen atoms in total. The number of imidazole rings is 1. The summed E-state index contributed by atoms with van der Waals surface area (Å²) < 4.78 is 2.05. The number of nitrogens with zero attached hydrogens (tertiary/aromatic N) is 2. The van der Waals surface area contributed by atoms with Gasteiger partial charge in [-0.25, -0.2) is 4.98 Å². The van der Waals surface area contributed by atoms with Crippen molar-refractivity contribution in [3.8, 4) is 5.69 Å². The highest BCUT2D eigenvalue weighted by atomic mass is 32.2. The smallest absolute Gasteiger partial charge is 0.233 e. The number of rotatable bonds is 5. The molecule has 1 saturated carbocycles. The molecule has 134 valence electrons. The van der Waals surface area contributed by atoms with Crippen LogP contribution in [0.4, 0.5) is 0 Å². The predicted octanol–water partition coefficient (Wildman–Crippen LogP) is 4.36. The van der Waals surface area contributed by atoms with Crippen LogP contribution in [0.2, 0.25) is 0 Å². The van der Waals surface area contributed by atoms with Crippen molar-refractivity contribution < 1.29 is 4.79 Å². The zero-order valence-corrected chi connectivity index (χ0v) is 16.1. The maximum absolute atomic E-state index is 12.6. The third-order valence-corrected chi connectivity index (χ3v) is 6.06. The summed E-state index contributed by atoms with van der Waals surface area (Å²) in [6, 6.07) is 8.63. The van der Waals surface area contributed by atoms with Crippen molar-refractivity contribution in [1.82, 2.24) is 14.9 Å². The third-order valence-electron chi connectivity index (χ3n) is 4.98. The predicted molar refractivity (Wildman–Crippen MR) is 103 cm³/mol. The molecule has 3 rings (SSSR count). The molecule has 5 heteroatoms. The number of aryl methyl sites for hydroxylation is 1. The summed E-state index contributed by atoms with van der Waals surface area (Å²) in [6.45, 7) is 6.28. The standard InChI is InChI=1S/C20H27N3OS/c1-14-7-6-9-17(13-14)23-12-11-21-20(23)25-16(3)19(24)22-18-10-5-4-8-15(18)2/h6-7,9,11-13,15-16,18H,4-5,8,10H2,1-3H3,(H,22,24)/t15-,16-,18-/m1/s1. The molecular weight excluding hydrogens is 330 g/mol. The number of carbonyl (C=O) groups excluding carboxylic acids is 1. The van der Waals surface area contributed by atoms with Gasteiger partial charge in [0.2, 0.25) is 5.91 Å². The summed E-state index contributed by atoms with van der Waals surface area (Å²) >= 11 is 1.52. The third kappa shape index (κ3) is 4.46. The molecule has 0 bridgehead atoms. The monoisotopic (exact) mass is 357 g/mol. The Hall–Kier alpha value is -1.75. The van der Waals surface area contributed by atoms with Crippen LogP contribution in [0.1, 0.15) is 45.1 Å². The number of hydrogen-bond donors (Lipinski definition) is 1. The van der Waals surface area contributed by atoms with E-state index in [-0.39, 0.29) is 11.2 Å². The first kappa shape index (κ1) is 18.1. The summed E-state index contributed by atoms with van der Waals surface area (Å²) in [5, 5.41) is 3.94. The lowest BCUT2D eigenvalue weighted by atomic mass is 9.86. The maximum atomic E-state index is 12.6. The van der Waals surface area contributed by atoms with E-state index in [0.29, 0.717) is 12.0 Å². The number of carbonyl (C=O) groups is 1. The topological polar surface area (TPSA) is 46.9 Å². The van der Waals surface area contributed by atoms with Crippen LogP contribution in [0.3, 0.4) is 0 Å². The van der Waals surface area contributed by atoms with Gasteiger partial charge >= 0.3 is 0 Å². The molecule has 1 aliphatic rings. The fourth-order valence-corrected chi connectivity index (χ4v) is 4.29. The Kier molecular flexibility index (Phi) is 5.84. The van der Waals surface area contributed by atoms with Crippen molar-refractivity contribution in [2.24, 2.45) is 5.92 Å². The molecule has 1 aromatic carbocycles. The lowest BCUT2D eigenvalue weighted by Crippen LogP contribution is -2.44. The van der Waals surface area contributed by atoms with Gasteiger partial charge in [-0.3, -0.25) is 9.36 Å². The zero-order valence-electron chi connectivity index (χ0n) is 15.2. The molecule has 0 unspecified atom stereocenters. The van der Waals surface area contributed by atoms with E-state index >= 15 is 0 Å². The van der Waals surface area contributed by atoms with E-state index in [2.05, 4.69) is 42.3 Å². The van der Waals surface area contributed by atoms with E-state index in [1.165, 1.54) is 36.6 Å². The molecule has 1 heterocycles. The molecule has 0 spiro atoms. The van der Waals surface area contributed by atoms with Crippen LogP contribution >= 0.6 is 11.8 Å². The Morgan fingerprint density at radius 1 is 1.36 bits per heavy atom. The van der Waals surface area contributed by atoms with Crippen LogP contribution in [0.25, 0.3) is 5.69 Å². The van der Waals surface area contributed by atoms with Gasteiger partial charge in [-0.05, 0) is 50.3 Å². The van der Waals surface area contributed by atoms with E-state index < -0.39 is 0 Å². The van der Waals surface area contributed by atoms with E-state index in [1.54, 1.807) is 6.20 Å². The highest BCUT2D eigenvalue weighted by molar-refractivity contribution is 8.00. The highest BCUT2D eigenvalue weighted by Crippen LogP contribution is 2.27. The van der Waals surface area contributed by atoms with Gasteiger partial charge in [0.25, 0.3) is 0 Å². The van der Waals surface area contributed by atoms with Gasteiger partial charge in [-0.15, -0.1) is 0 Å². The van der Waals surface area contributed by atoms with Gasteiger partial charge in [0, 0.05) is 24.1 Å². The molecule has 2 aromatic rings. The van der Waals surface area contributed by atoms with Crippen molar-refractivity contribution in [2.45, 2.75) is 62.9 Å². The van der Waals surface area contributed by atoms with Crippen molar-refractivity contribution >= 4 is 17.7 Å². The second-order valence-electron chi connectivity index (χ2n) is 7.06. The molecular formula is C20H27N3OS. The lowest BCUT2D eigenvalue weighted by Gasteiger charge is -2.30. The van der Waals surface area contributed by atoms with Crippen LogP contribution < -0.4 is 5.32 Å². The number of thioether (sulfide) groups is 1. The first-order valence-corrected chi connectivity index (χ1v) is 10.00. The van der Waals surface area contributed by atoms with Gasteiger partial charge in [-0.2, -0.15) is 0 Å². The second kappa shape index (κ2) is 8.09. The normalized spacial score (nSPS) is 21.7. The van der Waals surface area contributed by atoms with E-state index in [1.807, 2.05) is 23.8 Å².